The second-order valence-electron chi connectivity index (χ2n) is 2.89. The van der Waals surface area contributed by atoms with Crippen molar-refractivity contribution in [3.8, 4) is 0 Å². The van der Waals surface area contributed by atoms with Crippen LogP contribution in [0, 0.1) is 5.92 Å². The Kier molecular flexibility index (Phi) is 2.94. The fourth-order valence-corrected chi connectivity index (χ4v) is 1.36. The third-order valence-corrected chi connectivity index (χ3v) is 2.04. The van der Waals surface area contributed by atoms with Crippen molar-refractivity contribution < 1.29 is 4.74 Å². The Bertz CT molecular complexity index is 118. The molecule has 1 heteroatoms. The summed E-state index contributed by atoms with van der Waals surface area (Å²) in [6.45, 7) is 5.30. The lowest BCUT2D eigenvalue weighted by molar-refractivity contribution is 0.0351. The molecule has 1 rings (SSSR count). The maximum Gasteiger partial charge on any atom is 0.0632 e. The predicted octanol–water partition coefficient (Wildman–Crippen LogP) is 2.38. The summed E-state index contributed by atoms with van der Waals surface area (Å²) < 4.78 is 5.60. The maximum atomic E-state index is 5.60. The van der Waals surface area contributed by atoms with E-state index in [1.165, 1.54) is 0 Å². The summed E-state index contributed by atoms with van der Waals surface area (Å²) in [5.41, 5.74) is 0. The van der Waals surface area contributed by atoms with Crippen LogP contribution in [0.5, 0.6) is 0 Å². The smallest absolute Gasteiger partial charge is 0.0632 e. The minimum atomic E-state index is 0.457. The third kappa shape index (κ3) is 1.84. The van der Waals surface area contributed by atoms with Gasteiger partial charge in [-0.05, 0) is 12.8 Å². The van der Waals surface area contributed by atoms with E-state index in [4.69, 9.17) is 4.74 Å². The highest BCUT2D eigenvalue weighted by atomic mass is 16.5. The van der Waals surface area contributed by atoms with Gasteiger partial charge in [0.25, 0.3) is 0 Å². The number of hydrogen-bond acceptors (Lipinski definition) is 1. The molecule has 0 radical (unpaired) electrons. The van der Waals surface area contributed by atoms with Crippen molar-refractivity contribution >= 4 is 0 Å². The molecule has 1 aliphatic heterocycles. The Morgan fingerprint density at radius 3 is 3.10 bits per heavy atom. The summed E-state index contributed by atoms with van der Waals surface area (Å²) >= 11 is 0. The fourth-order valence-electron chi connectivity index (χ4n) is 1.36. The van der Waals surface area contributed by atoms with Gasteiger partial charge < -0.3 is 4.74 Å². The molecule has 0 amide bonds. The predicted molar refractivity (Wildman–Crippen MR) is 43.0 cm³/mol. The van der Waals surface area contributed by atoms with Crippen LogP contribution in [0.3, 0.4) is 0 Å². The van der Waals surface area contributed by atoms with E-state index in [2.05, 4.69) is 26.0 Å². The Labute approximate surface area is 63.1 Å². The van der Waals surface area contributed by atoms with Crippen molar-refractivity contribution in [1.29, 1.82) is 0 Å². The molecule has 0 saturated carbocycles. The van der Waals surface area contributed by atoms with Crippen molar-refractivity contribution in [2.45, 2.75) is 32.8 Å². The minimum Gasteiger partial charge on any atom is -0.377 e. The Balaban J connectivity index is 2.47. The van der Waals surface area contributed by atoms with E-state index in [1.807, 2.05) is 0 Å². The number of hydrogen-bond donors (Lipinski definition) is 0. The van der Waals surface area contributed by atoms with Gasteiger partial charge in [-0.15, -0.1) is 0 Å². The van der Waals surface area contributed by atoms with Crippen LogP contribution in [0.15, 0.2) is 12.2 Å². The van der Waals surface area contributed by atoms with Crippen molar-refractivity contribution in [3.63, 3.8) is 0 Å². The summed E-state index contributed by atoms with van der Waals surface area (Å²) in [5, 5.41) is 0. The molecule has 0 aromatic carbocycles. The normalized spacial score (nSPS) is 33.8. The summed E-state index contributed by atoms with van der Waals surface area (Å²) in [6, 6.07) is 0. The van der Waals surface area contributed by atoms with Crippen molar-refractivity contribution in [1.82, 2.24) is 0 Å². The topological polar surface area (TPSA) is 9.23 Å². The molecule has 0 fully saturated rings. The standard InChI is InChI=1S/C9H16O/c1-3-9-8(2)6-4-5-7-10-9/h4,6,8-9H,3,5,7H2,1-2H3. The van der Waals surface area contributed by atoms with Crippen LogP contribution < -0.4 is 0 Å². The molecule has 0 N–H and O–H groups in total. The van der Waals surface area contributed by atoms with E-state index in [-0.39, 0.29) is 0 Å². The minimum absolute atomic E-state index is 0.457. The van der Waals surface area contributed by atoms with Crippen LogP contribution >= 0.6 is 0 Å². The van der Waals surface area contributed by atoms with Gasteiger partial charge in [0.2, 0.25) is 0 Å². The monoisotopic (exact) mass is 140 g/mol. The zero-order chi connectivity index (χ0) is 7.40. The molecule has 0 saturated heterocycles. The molecule has 10 heavy (non-hydrogen) atoms. The molecular weight excluding hydrogens is 124 g/mol. The lowest BCUT2D eigenvalue weighted by Gasteiger charge is -2.17. The van der Waals surface area contributed by atoms with Gasteiger partial charge in [-0.25, -0.2) is 0 Å². The van der Waals surface area contributed by atoms with E-state index in [9.17, 15) is 0 Å². The molecule has 0 aromatic heterocycles. The van der Waals surface area contributed by atoms with E-state index in [1.54, 1.807) is 0 Å². The van der Waals surface area contributed by atoms with E-state index >= 15 is 0 Å². The first-order chi connectivity index (χ1) is 4.84. The molecule has 1 heterocycles. The van der Waals surface area contributed by atoms with Gasteiger partial charge in [-0.2, -0.15) is 0 Å². The SMILES string of the molecule is CCC1OCCC=CC1C. The molecular formula is C9H16O. The Hall–Kier alpha value is -0.300. The summed E-state index contributed by atoms with van der Waals surface area (Å²) in [7, 11) is 0. The van der Waals surface area contributed by atoms with Crippen LogP contribution in [0.4, 0.5) is 0 Å². The first-order valence-corrected chi connectivity index (χ1v) is 4.13. The van der Waals surface area contributed by atoms with Crippen molar-refractivity contribution in [2.75, 3.05) is 6.61 Å². The van der Waals surface area contributed by atoms with Crippen LogP contribution in [-0.4, -0.2) is 12.7 Å². The van der Waals surface area contributed by atoms with Gasteiger partial charge >= 0.3 is 0 Å². The average Bonchev–Trinajstić information content (AvgIpc) is 2.13. The Morgan fingerprint density at radius 1 is 1.60 bits per heavy atom. The molecule has 1 aliphatic rings. The zero-order valence-electron chi connectivity index (χ0n) is 6.84. The van der Waals surface area contributed by atoms with Gasteiger partial charge in [0.15, 0.2) is 0 Å². The summed E-state index contributed by atoms with van der Waals surface area (Å²) in [5.74, 6) is 0.604. The van der Waals surface area contributed by atoms with E-state index < -0.39 is 0 Å². The highest BCUT2D eigenvalue weighted by molar-refractivity contribution is 4.92. The summed E-state index contributed by atoms with van der Waals surface area (Å²) in [4.78, 5) is 0. The lowest BCUT2D eigenvalue weighted by Crippen LogP contribution is -2.18. The largest absolute Gasteiger partial charge is 0.377 e. The zero-order valence-corrected chi connectivity index (χ0v) is 6.84. The van der Waals surface area contributed by atoms with Crippen LogP contribution in [-0.2, 0) is 4.74 Å². The number of rotatable bonds is 1. The lowest BCUT2D eigenvalue weighted by atomic mass is 10.0. The molecule has 1 nitrogen and oxygen atoms in total. The van der Waals surface area contributed by atoms with Gasteiger partial charge in [0.1, 0.15) is 0 Å². The second-order valence-corrected chi connectivity index (χ2v) is 2.89. The summed E-state index contributed by atoms with van der Waals surface area (Å²) in [6.07, 6.45) is 7.16. The van der Waals surface area contributed by atoms with Crippen LogP contribution in [0.2, 0.25) is 0 Å². The van der Waals surface area contributed by atoms with Crippen LogP contribution in [0.1, 0.15) is 26.7 Å². The molecule has 0 spiro atoms. The highest BCUT2D eigenvalue weighted by Gasteiger charge is 2.14. The molecule has 0 aromatic rings. The first-order valence-electron chi connectivity index (χ1n) is 4.13. The van der Waals surface area contributed by atoms with Gasteiger partial charge in [-0.3, -0.25) is 0 Å². The van der Waals surface area contributed by atoms with Gasteiger partial charge in [0.05, 0.1) is 12.7 Å². The highest BCUT2D eigenvalue weighted by Crippen LogP contribution is 2.16. The van der Waals surface area contributed by atoms with E-state index in [0.29, 0.717) is 12.0 Å². The Morgan fingerprint density at radius 2 is 2.40 bits per heavy atom. The third-order valence-electron chi connectivity index (χ3n) is 2.04. The van der Waals surface area contributed by atoms with Crippen molar-refractivity contribution in [3.05, 3.63) is 12.2 Å². The average molecular weight is 140 g/mol. The van der Waals surface area contributed by atoms with Gasteiger partial charge in [-0.1, -0.05) is 26.0 Å². The van der Waals surface area contributed by atoms with Crippen molar-refractivity contribution in [2.24, 2.45) is 5.92 Å². The maximum absolute atomic E-state index is 5.60. The van der Waals surface area contributed by atoms with Gasteiger partial charge in [0, 0.05) is 5.92 Å². The number of ether oxygens (including phenoxy) is 1. The molecule has 0 bridgehead atoms. The molecule has 2 unspecified atom stereocenters. The van der Waals surface area contributed by atoms with E-state index in [0.717, 1.165) is 19.4 Å². The molecule has 2 atom stereocenters. The molecule has 0 aliphatic carbocycles. The quantitative estimate of drug-likeness (QED) is 0.508. The fraction of sp³-hybridized carbons (Fsp3) is 0.778. The first kappa shape index (κ1) is 7.80. The molecule has 58 valence electrons. The van der Waals surface area contributed by atoms with Crippen LogP contribution in [0.25, 0.3) is 0 Å². The second kappa shape index (κ2) is 3.77.